The molecule has 0 radical (unpaired) electrons. The standard InChI is InChI=1S/C24H31N5O/c1-17(16-21(30)25-14-12-18-8-4-2-5-9-18)23-22-20(28-29-23)13-15-26-24(22)27-19-10-6-3-7-11-19/h2,4-5,8-9,13,15,17,19H,3,6-7,10-12,14,16H2,1H3,(H,25,30)(H,26,27)(H,28,29). The Balaban J connectivity index is 1.39. The Morgan fingerprint density at radius 3 is 2.77 bits per heavy atom. The van der Waals surface area contributed by atoms with Gasteiger partial charge in [-0.1, -0.05) is 56.5 Å². The Labute approximate surface area is 177 Å². The van der Waals surface area contributed by atoms with Crippen LogP contribution in [0.2, 0.25) is 0 Å². The molecule has 6 heteroatoms. The molecule has 3 N–H and O–H groups in total. The van der Waals surface area contributed by atoms with Crippen molar-refractivity contribution in [3.63, 3.8) is 0 Å². The highest BCUT2D eigenvalue weighted by molar-refractivity contribution is 5.92. The molecule has 3 aromatic rings. The zero-order valence-electron chi connectivity index (χ0n) is 17.7. The van der Waals surface area contributed by atoms with Gasteiger partial charge in [0.15, 0.2) is 0 Å². The number of aromatic nitrogens is 3. The monoisotopic (exact) mass is 405 g/mol. The molecule has 1 atom stereocenters. The van der Waals surface area contributed by atoms with Crippen LogP contribution >= 0.6 is 0 Å². The second-order valence-corrected chi connectivity index (χ2v) is 8.36. The average Bonchev–Trinajstić information content (AvgIpc) is 3.21. The third kappa shape index (κ3) is 4.99. The van der Waals surface area contributed by atoms with Crippen LogP contribution in [0, 0.1) is 0 Å². The minimum Gasteiger partial charge on any atom is -0.367 e. The molecule has 2 heterocycles. The molecule has 1 unspecified atom stereocenters. The van der Waals surface area contributed by atoms with Gasteiger partial charge < -0.3 is 10.6 Å². The van der Waals surface area contributed by atoms with Crippen LogP contribution in [0.1, 0.15) is 62.6 Å². The summed E-state index contributed by atoms with van der Waals surface area (Å²) < 4.78 is 0. The smallest absolute Gasteiger partial charge is 0.220 e. The first-order valence-electron chi connectivity index (χ1n) is 11.1. The van der Waals surface area contributed by atoms with E-state index in [9.17, 15) is 4.79 Å². The Morgan fingerprint density at radius 1 is 1.17 bits per heavy atom. The van der Waals surface area contributed by atoms with E-state index in [1.165, 1.54) is 37.7 Å². The van der Waals surface area contributed by atoms with Crippen molar-refractivity contribution in [3.05, 3.63) is 53.9 Å². The molecule has 1 amide bonds. The number of aromatic amines is 1. The van der Waals surface area contributed by atoms with Crippen molar-refractivity contribution in [3.8, 4) is 0 Å². The number of carbonyl (C=O) groups excluding carboxylic acids is 1. The van der Waals surface area contributed by atoms with E-state index in [-0.39, 0.29) is 11.8 Å². The summed E-state index contributed by atoms with van der Waals surface area (Å²) in [6, 6.07) is 12.6. The van der Waals surface area contributed by atoms with E-state index < -0.39 is 0 Å². The molecule has 1 aliphatic carbocycles. The van der Waals surface area contributed by atoms with Crippen molar-refractivity contribution in [1.82, 2.24) is 20.5 Å². The number of hydrogen-bond donors (Lipinski definition) is 3. The van der Waals surface area contributed by atoms with E-state index in [1.807, 2.05) is 24.3 Å². The zero-order chi connectivity index (χ0) is 20.8. The molecule has 158 valence electrons. The molecule has 1 aromatic carbocycles. The first kappa shape index (κ1) is 20.4. The number of benzene rings is 1. The van der Waals surface area contributed by atoms with Crippen molar-refractivity contribution in [2.75, 3.05) is 11.9 Å². The molecule has 1 fully saturated rings. The van der Waals surface area contributed by atoms with Gasteiger partial charge in [0.1, 0.15) is 5.82 Å². The Hall–Kier alpha value is -2.89. The zero-order valence-corrected chi connectivity index (χ0v) is 17.7. The Kier molecular flexibility index (Phi) is 6.62. The van der Waals surface area contributed by atoms with Gasteiger partial charge >= 0.3 is 0 Å². The molecule has 30 heavy (non-hydrogen) atoms. The first-order chi connectivity index (χ1) is 14.7. The SMILES string of the molecule is CC(CC(=O)NCCc1ccccc1)c1[nH]nc2ccnc(NC3CCCCC3)c12. The Bertz CT molecular complexity index is 962. The summed E-state index contributed by atoms with van der Waals surface area (Å²) in [7, 11) is 0. The molecule has 1 aliphatic rings. The van der Waals surface area contributed by atoms with Crippen LogP contribution < -0.4 is 10.6 Å². The van der Waals surface area contributed by atoms with Crippen LogP contribution in [0.5, 0.6) is 0 Å². The largest absolute Gasteiger partial charge is 0.367 e. The second-order valence-electron chi connectivity index (χ2n) is 8.36. The number of nitrogens with zero attached hydrogens (tertiary/aromatic N) is 2. The topological polar surface area (TPSA) is 82.7 Å². The van der Waals surface area contributed by atoms with Gasteiger partial charge in [0.05, 0.1) is 16.6 Å². The number of nitrogens with one attached hydrogen (secondary N) is 3. The van der Waals surface area contributed by atoms with Crippen LogP contribution in [0.15, 0.2) is 42.6 Å². The molecule has 0 saturated heterocycles. The third-order valence-corrected chi connectivity index (χ3v) is 6.00. The van der Waals surface area contributed by atoms with Crippen LogP contribution in [0.25, 0.3) is 10.9 Å². The number of amides is 1. The minimum atomic E-state index is 0.0304. The molecule has 1 saturated carbocycles. The van der Waals surface area contributed by atoms with E-state index in [0.29, 0.717) is 19.0 Å². The van der Waals surface area contributed by atoms with Crippen molar-refractivity contribution < 1.29 is 4.79 Å². The minimum absolute atomic E-state index is 0.0304. The summed E-state index contributed by atoms with van der Waals surface area (Å²) in [6.45, 7) is 2.72. The van der Waals surface area contributed by atoms with Gasteiger partial charge in [-0.25, -0.2) is 4.98 Å². The predicted octanol–water partition coefficient (Wildman–Crippen LogP) is 4.56. The fourth-order valence-electron chi connectivity index (χ4n) is 4.34. The number of hydrogen-bond acceptors (Lipinski definition) is 4. The normalized spacial score (nSPS) is 15.8. The summed E-state index contributed by atoms with van der Waals surface area (Å²) in [6.07, 6.45) is 9.30. The lowest BCUT2D eigenvalue weighted by molar-refractivity contribution is -0.121. The quantitative estimate of drug-likeness (QED) is 0.513. The number of carbonyl (C=O) groups is 1. The van der Waals surface area contributed by atoms with Crippen LogP contribution in [0.4, 0.5) is 5.82 Å². The lowest BCUT2D eigenvalue weighted by atomic mass is 9.95. The lowest BCUT2D eigenvalue weighted by Gasteiger charge is -2.24. The van der Waals surface area contributed by atoms with Gasteiger partial charge in [-0.05, 0) is 30.9 Å². The number of pyridine rings is 1. The van der Waals surface area contributed by atoms with Crippen molar-refractivity contribution in [1.29, 1.82) is 0 Å². The maximum Gasteiger partial charge on any atom is 0.220 e. The fraction of sp³-hybridized carbons (Fsp3) is 0.458. The lowest BCUT2D eigenvalue weighted by Crippen LogP contribution is -2.27. The van der Waals surface area contributed by atoms with Crippen LogP contribution in [0.3, 0.4) is 0 Å². The number of anilines is 1. The van der Waals surface area contributed by atoms with Gasteiger partial charge in [-0.2, -0.15) is 5.10 Å². The predicted molar refractivity (Wildman–Crippen MR) is 121 cm³/mol. The highest BCUT2D eigenvalue weighted by atomic mass is 16.1. The highest BCUT2D eigenvalue weighted by Gasteiger charge is 2.21. The summed E-state index contributed by atoms with van der Waals surface area (Å²) in [5.74, 6) is 0.981. The van der Waals surface area contributed by atoms with Gasteiger partial charge in [-0.3, -0.25) is 9.89 Å². The van der Waals surface area contributed by atoms with Gasteiger partial charge in [-0.15, -0.1) is 0 Å². The fourth-order valence-corrected chi connectivity index (χ4v) is 4.34. The highest BCUT2D eigenvalue weighted by Crippen LogP contribution is 2.31. The molecular weight excluding hydrogens is 374 g/mol. The van der Waals surface area contributed by atoms with Crippen molar-refractivity contribution >= 4 is 22.6 Å². The van der Waals surface area contributed by atoms with E-state index in [0.717, 1.165) is 28.8 Å². The Morgan fingerprint density at radius 2 is 1.97 bits per heavy atom. The molecule has 0 bridgehead atoms. The second kappa shape index (κ2) is 9.74. The molecule has 6 nitrogen and oxygen atoms in total. The van der Waals surface area contributed by atoms with Crippen LogP contribution in [-0.4, -0.2) is 33.7 Å². The summed E-state index contributed by atoms with van der Waals surface area (Å²) in [5, 5.41) is 15.3. The number of H-pyrrole nitrogens is 1. The molecule has 0 spiro atoms. The molecule has 2 aromatic heterocycles. The van der Waals surface area contributed by atoms with Gasteiger partial charge in [0.25, 0.3) is 0 Å². The number of rotatable bonds is 8. The summed E-state index contributed by atoms with van der Waals surface area (Å²) in [4.78, 5) is 17.1. The van der Waals surface area contributed by atoms with Gasteiger partial charge in [0.2, 0.25) is 5.91 Å². The third-order valence-electron chi connectivity index (χ3n) is 6.00. The maximum atomic E-state index is 12.5. The summed E-state index contributed by atoms with van der Waals surface area (Å²) in [5.41, 5.74) is 3.11. The van der Waals surface area contributed by atoms with Crippen molar-refractivity contribution in [2.24, 2.45) is 0 Å². The van der Waals surface area contributed by atoms with E-state index >= 15 is 0 Å². The van der Waals surface area contributed by atoms with E-state index in [2.05, 4.69) is 44.9 Å². The van der Waals surface area contributed by atoms with Crippen LogP contribution in [-0.2, 0) is 11.2 Å². The van der Waals surface area contributed by atoms with E-state index in [4.69, 9.17) is 0 Å². The molecular formula is C24H31N5O. The summed E-state index contributed by atoms with van der Waals surface area (Å²) >= 11 is 0. The van der Waals surface area contributed by atoms with Crippen molar-refractivity contribution in [2.45, 2.75) is 63.8 Å². The molecule has 4 rings (SSSR count). The van der Waals surface area contributed by atoms with Gasteiger partial charge in [0, 0.05) is 31.1 Å². The average molecular weight is 406 g/mol. The van der Waals surface area contributed by atoms with E-state index in [1.54, 1.807) is 6.20 Å². The first-order valence-corrected chi connectivity index (χ1v) is 11.1. The number of fused-ring (bicyclic) bond motifs is 1. The molecule has 0 aliphatic heterocycles. The maximum absolute atomic E-state index is 12.5.